The third-order valence-corrected chi connectivity index (χ3v) is 5.39. The summed E-state index contributed by atoms with van der Waals surface area (Å²) in [6.45, 7) is 1.99. The molecule has 0 aliphatic heterocycles. The first kappa shape index (κ1) is 14.3. The van der Waals surface area contributed by atoms with Crippen molar-refractivity contribution < 1.29 is 4.79 Å². The number of thiophene rings is 1. The SMILES string of the molecule is Cc1sc(C(=O)S)cc1-c1nc(-c2ccc(N)cc2)cs1. The van der Waals surface area contributed by atoms with Gasteiger partial charge < -0.3 is 5.73 Å². The van der Waals surface area contributed by atoms with Crippen LogP contribution in [0.15, 0.2) is 35.7 Å². The fraction of sp³-hybridized carbons (Fsp3) is 0.0667. The maximum Gasteiger partial charge on any atom is 0.226 e. The highest BCUT2D eigenvalue weighted by atomic mass is 32.1. The lowest BCUT2D eigenvalue weighted by Crippen LogP contribution is -1.84. The van der Waals surface area contributed by atoms with Crippen molar-refractivity contribution in [2.24, 2.45) is 0 Å². The molecule has 0 fully saturated rings. The maximum absolute atomic E-state index is 11.3. The number of nitrogen functional groups attached to an aromatic ring is 1. The van der Waals surface area contributed by atoms with E-state index in [9.17, 15) is 4.79 Å². The molecule has 0 saturated heterocycles. The van der Waals surface area contributed by atoms with Gasteiger partial charge in [-0.3, -0.25) is 4.79 Å². The number of carbonyl (C=O) groups is 1. The quantitative estimate of drug-likeness (QED) is 0.548. The van der Waals surface area contributed by atoms with Crippen molar-refractivity contribution in [2.75, 3.05) is 5.73 Å². The molecule has 3 nitrogen and oxygen atoms in total. The van der Waals surface area contributed by atoms with Gasteiger partial charge in [-0.15, -0.1) is 22.7 Å². The molecule has 0 saturated carbocycles. The minimum atomic E-state index is -0.204. The van der Waals surface area contributed by atoms with Gasteiger partial charge in [0.05, 0.1) is 10.6 Å². The molecule has 0 bridgehead atoms. The highest BCUT2D eigenvalue weighted by Gasteiger charge is 2.14. The van der Waals surface area contributed by atoms with Crippen LogP contribution in [0.3, 0.4) is 0 Å². The molecular weight excluding hydrogens is 320 g/mol. The third kappa shape index (κ3) is 2.88. The van der Waals surface area contributed by atoms with Crippen LogP contribution in [-0.2, 0) is 0 Å². The first-order valence-corrected chi connectivity index (χ1v) is 8.34. The lowest BCUT2D eigenvalue weighted by molar-refractivity contribution is 0.109. The molecule has 0 amide bonds. The van der Waals surface area contributed by atoms with Gasteiger partial charge in [-0.25, -0.2) is 4.98 Å². The van der Waals surface area contributed by atoms with Crippen molar-refractivity contribution in [1.29, 1.82) is 0 Å². The van der Waals surface area contributed by atoms with Crippen LogP contribution in [0, 0.1) is 6.92 Å². The molecule has 0 atom stereocenters. The number of thiol groups is 1. The number of benzene rings is 1. The van der Waals surface area contributed by atoms with Gasteiger partial charge in [-0.1, -0.05) is 24.8 Å². The fourth-order valence-corrected chi connectivity index (χ4v) is 4.01. The molecule has 3 rings (SSSR count). The lowest BCUT2D eigenvalue weighted by Gasteiger charge is -1.97. The number of rotatable bonds is 3. The molecule has 2 N–H and O–H groups in total. The smallest absolute Gasteiger partial charge is 0.226 e. The molecule has 0 radical (unpaired) electrons. The Hall–Kier alpha value is -1.63. The Morgan fingerprint density at radius 2 is 2.00 bits per heavy atom. The van der Waals surface area contributed by atoms with E-state index in [0.29, 0.717) is 4.88 Å². The minimum Gasteiger partial charge on any atom is -0.399 e. The van der Waals surface area contributed by atoms with E-state index in [1.54, 1.807) is 11.3 Å². The molecule has 0 unspecified atom stereocenters. The highest BCUT2D eigenvalue weighted by Crippen LogP contribution is 2.35. The second kappa shape index (κ2) is 5.63. The number of anilines is 1. The van der Waals surface area contributed by atoms with E-state index in [1.165, 1.54) is 11.3 Å². The average molecular weight is 332 g/mol. The van der Waals surface area contributed by atoms with Crippen molar-refractivity contribution in [3.63, 3.8) is 0 Å². The summed E-state index contributed by atoms with van der Waals surface area (Å²) in [6.07, 6.45) is 0. The van der Waals surface area contributed by atoms with Crippen molar-refractivity contribution in [2.45, 2.75) is 6.92 Å². The fourth-order valence-electron chi connectivity index (χ4n) is 1.98. The Labute approximate surface area is 135 Å². The molecule has 2 heterocycles. The molecule has 0 aliphatic rings. The number of aryl methyl sites for hydroxylation is 1. The summed E-state index contributed by atoms with van der Waals surface area (Å²) in [5, 5.41) is 2.72. The van der Waals surface area contributed by atoms with Gasteiger partial charge in [0, 0.05) is 27.1 Å². The second-order valence-corrected chi connectivity index (χ2v) is 7.07. The Morgan fingerprint density at radius 1 is 1.29 bits per heavy atom. The molecule has 2 aromatic heterocycles. The number of hydrogen-bond acceptors (Lipinski definition) is 5. The van der Waals surface area contributed by atoms with Gasteiger partial charge in [0.25, 0.3) is 0 Å². The summed E-state index contributed by atoms with van der Waals surface area (Å²) in [4.78, 5) is 17.7. The average Bonchev–Trinajstić information content (AvgIpc) is 3.06. The largest absolute Gasteiger partial charge is 0.399 e. The van der Waals surface area contributed by atoms with Gasteiger partial charge in [-0.05, 0) is 25.1 Å². The summed E-state index contributed by atoms with van der Waals surface area (Å²) in [6, 6.07) is 9.50. The summed E-state index contributed by atoms with van der Waals surface area (Å²) in [5.41, 5.74) is 9.38. The summed E-state index contributed by atoms with van der Waals surface area (Å²) >= 11 is 6.89. The molecule has 6 heteroatoms. The van der Waals surface area contributed by atoms with E-state index in [-0.39, 0.29) is 5.12 Å². The van der Waals surface area contributed by atoms with E-state index in [0.717, 1.165) is 32.4 Å². The van der Waals surface area contributed by atoms with Crippen molar-refractivity contribution >= 4 is 46.1 Å². The van der Waals surface area contributed by atoms with Crippen molar-refractivity contribution in [3.8, 4) is 21.8 Å². The van der Waals surface area contributed by atoms with Gasteiger partial charge in [-0.2, -0.15) is 0 Å². The van der Waals surface area contributed by atoms with Crippen LogP contribution in [0.2, 0.25) is 0 Å². The second-order valence-electron chi connectivity index (χ2n) is 4.55. The Balaban J connectivity index is 1.98. The van der Waals surface area contributed by atoms with Crippen LogP contribution in [0.25, 0.3) is 21.8 Å². The van der Waals surface area contributed by atoms with Crippen LogP contribution < -0.4 is 5.73 Å². The van der Waals surface area contributed by atoms with Gasteiger partial charge in [0.15, 0.2) is 0 Å². The van der Waals surface area contributed by atoms with Crippen LogP contribution in [0.4, 0.5) is 5.69 Å². The Morgan fingerprint density at radius 3 is 2.62 bits per heavy atom. The standard InChI is InChI=1S/C15H12N2OS3/c1-8-11(6-13(21-8)15(18)19)14-17-12(7-20-14)9-2-4-10(16)5-3-9/h2-7H,16H2,1H3,(H,18,19). The van der Waals surface area contributed by atoms with E-state index in [2.05, 4.69) is 17.6 Å². The molecule has 3 aromatic rings. The van der Waals surface area contributed by atoms with Crippen LogP contribution in [-0.4, -0.2) is 10.1 Å². The Kier molecular flexibility index (Phi) is 3.84. The van der Waals surface area contributed by atoms with E-state index in [4.69, 9.17) is 5.73 Å². The zero-order valence-electron chi connectivity index (χ0n) is 11.2. The third-order valence-electron chi connectivity index (χ3n) is 3.07. The molecule has 0 spiro atoms. The predicted octanol–water partition coefficient (Wildman–Crippen LogP) is 4.50. The predicted molar refractivity (Wildman–Crippen MR) is 93.3 cm³/mol. The summed E-state index contributed by atoms with van der Waals surface area (Å²) in [7, 11) is 0. The van der Waals surface area contributed by atoms with Gasteiger partial charge in [0.2, 0.25) is 5.12 Å². The van der Waals surface area contributed by atoms with Gasteiger partial charge >= 0.3 is 0 Å². The van der Waals surface area contributed by atoms with E-state index in [1.807, 2.05) is 42.6 Å². The van der Waals surface area contributed by atoms with Crippen LogP contribution >= 0.6 is 35.3 Å². The van der Waals surface area contributed by atoms with Crippen molar-refractivity contribution in [1.82, 2.24) is 4.98 Å². The molecule has 21 heavy (non-hydrogen) atoms. The normalized spacial score (nSPS) is 10.8. The van der Waals surface area contributed by atoms with Crippen LogP contribution in [0.1, 0.15) is 14.5 Å². The Bertz CT molecular complexity index is 803. The number of hydrogen-bond donors (Lipinski definition) is 2. The summed E-state index contributed by atoms with van der Waals surface area (Å²) < 4.78 is 0. The maximum atomic E-state index is 11.3. The monoisotopic (exact) mass is 332 g/mol. The number of thiazole rings is 1. The summed E-state index contributed by atoms with van der Waals surface area (Å²) in [5.74, 6) is 0. The van der Waals surface area contributed by atoms with E-state index < -0.39 is 0 Å². The van der Waals surface area contributed by atoms with Gasteiger partial charge in [0.1, 0.15) is 5.01 Å². The van der Waals surface area contributed by atoms with E-state index >= 15 is 0 Å². The zero-order chi connectivity index (χ0) is 15.0. The topological polar surface area (TPSA) is 56.0 Å². The van der Waals surface area contributed by atoms with Crippen molar-refractivity contribution in [3.05, 3.63) is 45.5 Å². The zero-order valence-corrected chi connectivity index (χ0v) is 13.7. The molecular formula is C15H12N2OS3. The minimum absolute atomic E-state index is 0.204. The first-order chi connectivity index (χ1) is 10.0. The first-order valence-electron chi connectivity index (χ1n) is 6.20. The molecule has 106 valence electrons. The highest BCUT2D eigenvalue weighted by molar-refractivity contribution is 7.97. The number of carbonyl (C=O) groups excluding carboxylic acids is 1. The number of aromatic nitrogens is 1. The lowest BCUT2D eigenvalue weighted by atomic mass is 10.1. The number of nitrogens with two attached hydrogens (primary N) is 1. The molecule has 0 aliphatic carbocycles. The molecule has 1 aromatic carbocycles. The number of nitrogens with zero attached hydrogens (tertiary/aromatic N) is 1. The van der Waals surface area contributed by atoms with Crippen LogP contribution in [0.5, 0.6) is 0 Å².